The fraction of sp³-hybridized carbons (Fsp3) is 0.227. The number of anilines is 1. The van der Waals surface area contributed by atoms with Crippen molar-refractivity contribution in [2.24, 2.45) is 0 Å². The van der Waals surface area contributed by atoms with Gasteiger partial charge in [0, 0.05) is 26.2 Å². The smallest absolute Gasteiger partial charge is 0.340 e. The monoisotopic (exact) mass is 503 g/mol. The van der Waals surface area contributed by atoms with Crippen molar-refractivity contribution in [3.05, 3.63) is 71.5 Å². The molecular weight excluding hydrogens is 482 g/mol. The summed E-state index contributed by atoms with van der Waals surface area (Å²) in [6, 6.07) is 12.3. The highest BCUT2D eigenvalue weighted by atomic mass is 32.2. The molecular formula is C22H21N3O7S2. The molecule has 3 aromatic rings. The van der Waals surface area contributed by atoms with E-state index in [-0.39, 0.29) is 27.1 Å². The zero-order valence-corrected chi connectivity index (χ0v) is 19.5. The lowest BCUT2D eigenvalue weighted by Crippen LogP contribution is -2.51. The maximum atomic E-state index is 12.6. The van der Waals surface area contributed by atoms with Gasteiger partial charge in [-0.3, -0.25) is 14.3 Å². The lowest BCUT2D eigenvalue weighted by Gasteiger charge is -2.34. The number of rotatable bonds is 7. The number of sulfonamides is 1. The van der Waals surface area contributed by atoms with E-state index < -0.39 is 28.5 Å². The first-order valence-electron chi connectivity index (χ1n) is 10.3. The molecule has 1 N–H and O–H groups in total. The third-order valence-electron chi connectivity index (χ3n) is 5.13. The van der Waals surface area contributed by atoms with Gasteiger partial charge in [0.2, 0.25) is 0 Å². The second kappa shape index (κ2) is 10.1. The van der Waals surface area contributed by atoms with Crippen molar-refractivity contribution in [3.63, 3.8) is 0 Å². The van der Waals surface area contributed by atoms with Gasteiger partial charge in [-0.2, -0.15) is 0 Å². The molecule has 2 aromatic heterocycles. The molecule has 1 aliphatic heterocycles. The Morgan fingerprint density at radius 1 is 0.971 bits per heavy atom. The number of benzene rings is 1. The summed E-state index contributed by atoms with van der Waals surface area (Å²) in [6.07, 6.45) is 1.42. The number of nitrogens with one attached hydrogen (secondary N) is 1. The SMILES string of the molecule is O=C(OCC(=O)N1CCN(C(=O)c2ccco2)CC1)c1ccccc1NS(=O)(=O)c1cccs1. The van der Waals surface area contributed by atoms with Crippen molar-refractivity contribution in [3.8, 4) is 0 Å². The summed E-state index contributed by atoms with van der Waals surface area (Å²) in [4.78, 5) is 40.6. The molecule has 34 heavy (non-hydrogen) atoms. The predicted molar refractivity (Wildman–Crippen MR) is 123 cm³/mol. The Balaban J connectivity index is 1.32. The van der Waals surface area contributed by atoms with Crippen molar-refractivity contribution >= 4 is 44.8 Å². The van der Waals surface area contributed by atoms with E-state index in [4.69, 9.17) is 9.15 Å². The van der Waals surface area contributed by atoms with Crippen LogP contribution in [0.2, 0.25) is 0 Å². The molecule has 0 atom stereocenters. The van der Waals surface area contributed by atoms with Crippen LogP contribution in [0, 0.1) is 0 Å². The number of piperazine rings is 1. The molecule has 0 bridgehead atoms. The number of amides is 2. The highest BCUT2D eigenvalue weighted by Gasteiger charge is 2.27. The van der Waals surface area contributed by atoms with Crippen LogP contribution in [-0.2, 0) is 19.6 Å². The van der Waals surface area contributed by atoms with Gasteiger partial charge in [-0.05, 0) is 35.7 Å². The number of esters is 1. The summed E-state index contributed by atoms with van der Waals surface area (Å²) < 4.78 is 37.8. The van der Waals surface area contributed by atoms with Crippen molar-refractivity contribution in [1.82, 2.24) is 9.80 Å². The van der Waals surface area contributed by atoms with E-state index in [1.165, 1.54) is 29.4 Å². The van der Waals surface area contributed by atoms with E-state index in [1.807, 2.05) is 0 Å². The van der Waals surface area contributed by atoms with Crippen molar-refractivity contribution in [1.29, 1.82) is 0 Å². The van der Waals surface area contributed by atoms with Crippen LogP contribution in [0.3, 0.4) is 0 Å². The summed E-state index contributed by atoms with van der Waals surface area (Å²) in [7, 11) is -3.86. The van der Waals surface area contributed by atoms with Crippen molar-refractivity contribution in [2.45, 2.75) is 4.21 Å². The quantitative estimate of drug-likeness (QED) is 0.490. The molecule has 1 fully saturated rings. The molecule has 12 heteroatoms. The minimum atomic E-state index is -3.86. The number of para-hydroxylation sites is 1. The van der Waals surface area contributed by atoms with Crippen LogP contribution < -0.4 is 4.72 Å². The Morgan fingerprint density at radius 2 is 1.71 bits per heavy atom. The number of carbonyl (C=O) groups is 3. The summed E-state index contributed by atoms with van der Waals surface area (Å²) in [5, 5.41) is 1.63. The average molecular weight is 504 g/mol. The number of furan rings is 1. The van der Waals surface area contributed by atoms with E-state index >= 15 is 0 Å². The maximum Gasteiger partial charge on any atom is 0.340 e. The summed E-state index contributed by atoms with van der Waals surface area (Å²) in [5.74, 6) is -1.24. The number of hydrogen-bond acceptors (Lipinski definition) is 8. The first kappa shape index (κ1) is 23.5. The molecule has 1 aromatic carbocycles. The van der Waals surface area contributed by atoms with Gasteiger partial charge in [0.05, 0.1) is 17.5 Å². The number of ether oxygens (including phenoxy) is 1. The van der Waals surface area contributed by atoms with Gasteiger partial charge in [0.15, 0.2) is 12.4 Å². The topological polar surface area (TPSA) is 126 Å². The second-order valence-electron chi connectivity index (χ2n) is 7.31. The largest absolute Gasteiger partial charge is 0.459 e. The zero-order valence-electron chi connectivity index (χ0n) is 17.9. The minimum absolute atomic E-state index is 0.00991. The molecule has 1 saturated heterocycles. The van der Waals surface area contributed by atoms with Gasteiger partial charge in [-0.1, -0.05) is 18.2 Å². The standard InChI is InChI=1S/C22H21N3O7S2/c26-19(24-9-11-25(12-10-24)21(27)18-7-3-13-31-18)15-32-22(28)16-5-1-2-6-17(16)23-34(29,30)20-8-4-14-33-20/h1-8,13-14,23H,9-12,15H2. The van der Waals surface area contributed by atoms with Crippen LogP contribution in [0.1, 0.15) is 20.9 Å². The summed E-state index contributed by atoms with van der Waals surface area (Å²) >= 11 is 1.05. The fourth-order valence-corrected chi connectivity index (χ4v) is 5.45. The first-order chi connectivity index (χ1) is 16.3. The molecule has 1 aliphatic rings. The number of thiophene rings is 1. The number of nitrogens with zero attached hydrogens (tertiary/aromatic N) is 2. The lowest BCUT2D eigenvalue weighted by molar-refractivity contribution is -0.136. The highest BCUT2D eigenvalue weighted by Crippen LogP contribution is 2.23. The van der Waals surface area contributed by atoms with Crippen LogP contribution >= 0.6 is 11.3 Å². The average Bonchev–Trinajstić information content (AvgIpc) is 3.57. The van der Waals surface area contributed by atoms with Gasteiger partial charge in [-0.25, -0.2) is 13.2 Å². The van der Waals surface area contributed by atoms with Crippen LogP contribution in [0.25, 0.3) is 0 Å². The Bertz CT molecular complexity index is 1260. The molecule has 3 heterocycles. The number of hydrogen-bond donors (Lipinski definition) is 1. The van der Waals surface area contributed by atoms with Gasteiger partial charge < -0.3 is 19.0 Å². The van der Waals surface area contributed by atoms with Crippen molar-refractivity contribution in [2.75, 3.05) is 37.5 Å². The molecule has 10 nitrogen and oxygen atoms in total. The molecule has 178 valence electrons. The molecule has 4 rings (SSSR count). The third-order valence-corrected chi connectivity index (χ3v) is 7.89. The van der Waals surface area contributed by atoms with E-state index in [9.17, 15) is 22.8 Å². The van der Waals surface area contributed by atoms with Crippen LogP contribution in [-0.4, -0.2) is 68.8 Å². The van der Waals surface area contributed by atoms with Gasteiger partial charge >= 0.3 is 5.97 Å². The molecule has 0 radical (unpaired) electrons. The van der Waals surface area contributed by atoms with E-state index in [0.29, 0.717) is 26.2 Å². The van der Waals surface area contributed by atoms with Crippen molar-refractivity contribution < 1.29 is 32.0 Å². The predicted octanol–water partition coefficient (Wildman–Crippen LogP) is 2.28. The highest BCUT2D eigenvalue weighted by molar-refractivity contribution is 7.94. The van der Waals surface area contributed by atoms with E-state index in [2.05, 4.69) is 4.72 Å². The second-order valence-corrected chi connectivity index (χ2v) is 10.2. The minimum Gasteiger partial charge on any atom is -0.459 e. The molecule has 0 spiro atoms. The molecule has 0 aliphatic carbocycles. The third kappa shape index (κ3) is 5.29. The normalized spacial score (nSPS) is 14.0. The van der Waals surface area contributed by atoms with Crippen LogP contribution in [0.4, 0.5) is 5.69 Å². The van der Waals surface area contributed by atoms with Crippen LogP contribution in [0.15, 0.2) is 68.8 Å². The van der Waals surface area contributed by atoms with E-state index in [1.54, 1.807) is 40.6 Å². The Hall–Kier alpha value is -3.64. The van der Waals surface area contributed by atoms with Crippen LogP contribution in [0.5, 0.6) is 0 Å². The fourth-order valence-electron chi connectivity index (χ4n) is 3.37. The van der Waals surface area contributed by atoms with E-state index in [0.717, 1.165) is 11.3 Å². The summed E-state index contributed by atoms with van der Waals surface area (Å²) in [5.41, 5.74) is 0.0442. The maximum absolute atomic E-state index is 12.6. The Morgan fingerprint density at radius 3 is 2.38 bits per heavy atom. The van der Waals surface area contributed by atoms with Gasteiger partial charge in [-0.15, -0.1) is 11.3 Å². The van der Waals surface area contributed by atoms with Gasteiger partial charge in [0.25, 0.3) is 21.8 Å². The lowest BCUT2D eigenvalue weighted by atomic mass is 10.2. The first-order valence-corrected chi connectivity index (χ1v) is 12.6. The summed E-state index contributed by atoms with van der Waals surface area (Å²) in [6.45, 7) is 0.732. The van der Waals surface area contributed by atoms with Gasteiger partial charge in [0.1, 0.15) is 4.21 Å². The molecule has 0 saturated carbocycles. The number of carbonyl (C=O) groups excluding carboxylic acids is 3. The zero-order chi connectivity index (χ0) is 24.1. The Labute approximate surface area is 199 Å². The molecule has 2 amide bonds. The Kier molecular flexibility index (Phi) is 6.98. The molecule has 0 unspecified atom stereocenters.